The molecule has 2 amide bonds. The average molecular weight is 276 g/mol. The van der Waals surface area contributed by atoms with Crippen LogP contribution in [0, 0.1) is 11.2 Å². The lowest BCUT2D eigenvalue weighted by Gasteiger charge is -2.37. The molecule has 106 valence electrons. The molecule has 0 atom stereocenters. The second-order valence-electron chi connectivity index (χ2n) is 5.59. The molecule has 1 aromatic carbocycles. The monoisotopic (exact) mass is 276 g/mol. The number of amides is 2. The Kier molecular flexibility index (Phi) is 3.20. The third-order valence-corrected chi connectivity index (χ3v) is 4.47. The van der Waals surface area contributed by atoms with Gasteiger partial charge in [0, 0.05) is 25.2 Å². The lowest BCUT2D eigenvalue weighted by Crippen LogP contribution is -2.46. The summed E-state index contributed by atoms with van der Waals surface area (Å²) in [6.45, 7) is 1.91. The van der Waals surface area contributed by atoms with Gasteiger partial charge < -0.3 is 10.2 Å². The predicted molar refractivity (Wildman–Crippen MR) is 71.6 cm³/mol. The van der Waals surface area contributed by atoms with E-state index in [-0.39, 0.29) is 23.0 Å². The summed E-state index contributed by atoms with van der Waals surface area (Å²) in [5.74, 6) is -0.300. The van der Waals surface area contributed by atoms with Gasteiger partial charge in [0.1, 0.15) is 5.82 Å². The molecule has 2 aliphatic rings. The fraction of sp³-hybridized carbons (Fsp3) is 0.467. The van der Waals surface area contributed by atoms with Gasteiger partial charge in [0.2, 0.25) is 5.91 Å². The van der Waals surface area contributed by atoms with Crippen LogP contribution in [0.2, 0.25) is 0 Å². The fourth-order valence-corrected chi connectivity index (χ4v) is 3.11. The molecule has 5 heteroatoms. The average Bonchev–Trinajstić information content (AvgIpc) is 2.81. The van der Waals surface area contributed by atoms with E-state index >= 15 is 0 Å². The number of hydrogen-bond acceptors (Lipinski definition) is 2. The number of carbonyl (C=O) groups excluding carboxylic acids is 2. The third-order valence-electron chi connectivity index (χ3n) is 4.47. The molecule has 0 aliphatic carbocycles. The summed E-state index contributed by atoms with van der Waals surface area (Å²) in [5.41, 5.74) is 0.234. The van der Waals surface area contributed by atoms with Crippen molar-refractivity contribution < 1.29 is 14.0 Å². The summed E-state index contributed by atoms with van der Waals surface area (Å²) in [4.78, 5) is 25.9. The molecule has 2 fully saturated rings. The van der Waals surface area contributed by atoms with Crippen molar-refractivity contribution in [2.45, 2.75) is 19.3 Å². The first-order valence-corrected chi connectivity index (χ1v) is 6.94. The van der Waals surface area contributed by atoms with E-state index in [4.69, 9.17) is 0 Å². The largest absolute Gasteiger partial charge is 0.356 e. The minimum absolute atomic E-state index is 0.0849. The Hall–Kier alpha value is -1.91. The maximum Gasteiger partial charge on any atom is 0.253 e. The highest BCUT2D eigenvalue weighted by molar-refractivity contribution is 5.94. The first kappa shape index (κ1) is 13.1. The van der Waals surface area contributed by atoms with E-state index in [2.05, 4.69) is 5.32 Å². The summed E-state index contributed by atoms with van der Waals surface area (Å²) in [5, 5.41) is 2.88. The number of piperidine rings is 1. The number of likely N-dealkylation sites (tertiary alicyclic amines) is 1. The molecule has 2 aliphatic heterocycles. The summed E-state index contributed by atoms with van der Waals surface area (Å²) in [7, 11) is 0. The van der Waals surface area contributed by atoms with Crippen molar-refractivity contribution in [3.63, 3.8) is 0 Å². The van der Waals surface area contributed by atoms with Crippen LogP contribution in [0.25, 0.3) is 0 Å². The molecule has 0 aromatic heterocycles. The van der Waals surface area contributed by atoms with Gasteiger partial charge >= 0.3 is 0 Å². The highest BCUT2D eigenvalue weighted by Gasteiger charge is 2.44. The van der Waals surface area contributed by atoms with Gasteiger partial charge in [-0.15, -0.1) is 0 Å². The van der Waals surface area contributed by atoms with Gasteiger partial charge in [-0.05, 0) is 43.5 Å². The van der Waals surface area contributed by atoms with E-state index in [0.717, 1.165) is 13.0 Å². The zero-order valence-corrected chi connectivity index (χ0v) is 11.2. The van der Waals surface area contributed by atoms with E-state index < -0.39 is 0 Å². The Morgan fingerprint density at radius 2 is 1.80 bits per heavy atom. The Morgan fingerprint density at radius 1 is 1.15 bits per heavy atom. The van der Waals surface area contributed by atoms with Crippen LogP contribution in [-0.2, 0) is 4.79 Å². The molecule has 0 bridgehead atoms. The number of rotatable bonds is 1. The number of halogens is 1. The fourth-order valence-electron chi connectivity index (χ4n) is 3.11. The first-order chi connectivity index (χ1) is 9.61. The van der Waals surface area contributed by atoms with Crippen LogP contribution in [0.3, 0.4) is 0 Å². The molecule has 0 unspecified atom stereocenters. The summed E-state index contributed by atoms with van der Waals surface area (Å²) < 4.78 is 12.9. The maximum absolute atomic E-state index is 12.9. The standard InChI is InChI=1S/C15H17FN2O2/c16-12-3-1-11(2-4-12)13(19)18-9-6-15(7-10-18)5-8-17-14(15)20/h1-4H,5-10H2,(H,17,20). The van der Waals surface area contributed by atoms with E-state index in [1.807, 2.05) is 0 Å². The van der Waals surface area contributed by atoms with Gasteiger partial charge in [-0.2, -0.15) is 0 Å². The molecule has 4 nitrogen and oxygen atoms in total. The molecule has 1 N–H and O–H groups in total. The third kappa shape index (κ3) is 2.17. The Labute approximate surface area is 117 Å². The summed E-state index contributed by atoms with van der Waals surface area (Å²) in [6, 6.07) is 5.60. The predicted octanol–water partition coefficient (Wildman–Crippen LogP) is 1.57. The van der Waals surface area contributed by atoms with Crippen LogP contribution in [0.1, 0.15) is 29.6 Å². The van der Waals surface area contributed by atoms with Gasteiger partial charge in [0.05, 0.1) is 5.41 Å². The van der Waals surface area contributed by atoms with E-state index in [0.29, 0.717) is 31.5 Å². The highest BCUT2D eigenvalue weighted by atomic mass is 19.1. The second-order valence-corrected chi connectivity index (χ2v) is 5.59. The van der Waals surface area contributed by atoms with Gasteiger partial charge in [0.25, 0.3) is 5.91 Å². The number of carbonyl (C=O) groups is 2. The number of benzene rings is 1. The second kappa shape index (κ2) is 4.89. The van der Waals surface area contributed by atoms with Crippen LogP contribution in [0.5, 0.6) is 0 Å². The van der Waals surface area contributed by atoms with Gasteiger partial charge in [-0.1, -0.05) is 0 Å². The topological polar surface area (TPSA) is 49.4 Å². The maximum atomic E-state index is 12.9. The highest BCUT2D eigenvalue weighted by Crippen LogP contribution is 2.38. The number of hydrogen-bond donors (Lipinski definition) is 1. The molecule has 0 saturated carbocycles. The Morgan fingerprint density at radius 3 is 2.35 bits per heavy atom. The molecule has 2 saturated heterocycles. The molecule has 0 radical (unpaired) electrons. The molecule has 3 rings (SSSR count). The lowest BCUT2D eigenvalue weighted by atomic mass is 9.77. The molecular weight excluding hydrogens is 259 g/mol. The quantitative estimate of drug-likeness (QED) is 0.846. The van der Waals surface area contributed by atoms with Gasteiger partial charge in [-0.3, -0.25) is 9.59 Å². The van der Waals surface area contributed by atoms with Crippen LogP contribution >= 0.6 is 0 Å². The van der Waals surface area contributed by atoms with Crippen molar-refractivity contribution in [3.8, 4) is 0 Å². The molecule has 20 heavy (non-hydrogen) atoms. The van der Waals surface area contributed by atoms with Crippen molar-refractivity contribution in [1.29, 1.82) is 0 Å². The zero-order valence-electron chi connectivity index (χ0n) is 11.2. The van der Waals surface area contributed by atoms with E-state index in [1.165, 1.54) is 24.3 Å². The molecule has 2 heterocycles. The SMILES string of the molecule is O=C(c1ccc(F)cc1)N1CCC2(CCNC2=O)CC1. The molecule has 1 aromatic rings. The first-order valence-electron chi connectivity index (χ1n) is 6.94. The number of nitrogens with one attached hydrogen (secondary N) is 1. The Bertz CT molecular complexity index is 533. The van der Waals surface area contributed by atoms with Crippen molar-refractivity contribution in [2.24, 2.45) is 5.41 Å². The van der Waals surface area contributed by atoms with Gasteiger partial charge in [-0.25, -0.2) is 4.39 Å². The van der Waals surface area contributed by atoms with Crippen molar-refractivity contribution in [1.82, 2.24) is 10.2 Å². The van der Waals surface area contributed by atoms with Crippen LogP contribution in [0.4, 0.5) is 4.39 Å². The normalized spacial score (nSPS) is 21.1. The summed E-state index contributed by atoms with van der Waals surface area (Å²) >= 11 is 0. The van der Waals surface area contributed by atoms with Crippen molar-refractivity contribution in [2.75, 3.05) is 19.6 Å². The van der Waals surface area contributed by atoms with Crippen LogP contribution in [-0.4, -0.2) is 36.3 Å². The summed E-state index contributed by atoms with van der Waals surface area (Å²) in [6.07, 6.45) is 2.29. The molecular formula is C15H17FN2O2. The molecule has 1 spiro atoms. The van der Waals surface area contributed by atoms with Crippen molar-refractivity contribution in [3.05, 3.63) is 35.6 Å². The lowest BCUT2D eigenvalue weighted by molar-refractivity contribution is -0.129. The van der Waals surface area contributed by atoms with E-state index in [1.54, 1.807) is 4.90 Å². The van der Waals surface area contributed by atoms with Crippen molar-refractivity contribution >= 4 is 11.8 Å². The van der Waals surface area contributed by atoms with Crippen LogP contribution < -0.4 is 5.32 Å². The minimum Gasteiger partial charge on any atom is -0.356 e. The van der Waals surface area contributed by atoms with Crippen LogP contribution in [0.15, 0.2) is 24.3 Å². The van der Waals surface area contributed by atoms with E-state index in [9.17, 15) is 14.0 Å². The minimum atomic E-state index is -0.346. The zero-order chi connectivity index (χ0) is 14.2. The smallest absolute Gasteiger partial charge is 0.253 e. The Balaban J connectivity index is 1.67. The van der Waals surface area contributed by atoms with Gasteiger partial charge in [0.15, 0.2) is 0 Å². The number of nitrogens with zero attached hydrogens (tertiary/aromatic N) is 1.